The quantitative estimate of drug-likeness (QED) is 0.625. The number of rotatable bonds is 3. The highest BCUT2D eigenvalue weighted by molar-refractivity contribution is 5.81. The van der Waals surface area contributed by atoms with Crippen molar-refractivity contribution in [3.8, 4) is 0 Å². The number of carbonyl (C=O) groups is 1. The number of anilines is 1. The molecule has 0 saturated carbocycles. The van der Waals surface area contributed by atoms with E-state index in [1.54, 1.807) is 4.90 Å². The first-order valence-electron chi connectivity index (χ1n) is 5.82. The number of halogens is 2. The van der Waals surface area contributed by atoms with Gasteiger partial charge in [-0.05, 0) is 6.07 Å². The van der Waals surface area contributed by atoms with E-state index >= 15 is 0 Å². The first-order valence-corrected chi connectivity index (χ1v) is 5.82. The fourth-order valence-electron chi connectivity index (χ4n) is 2.12. The van der Waals surface area contributed by atoms with Gasteiger partial charge in [-0.2, -0.15) is 0 Å². The molecule has 1 heterocycles. The van der Waals surface area contributed by atoms with E-state index in [1.807, 2.05) is 0 Å². The Morgan fingerprint density at radius 2 is 1.89 bits per heavy atom. The average molecular weight is 270 g/mol. The molecule has 1 aromatic carbocycles. The molecular formula is C12H12F2N2O3. The van der Waals surface area contributed by atoms with E-state index < -0.39 is 11.3 Å². The van der Waals surface area contributed by atoms with Crippen LogP contribution in [0.5, 0.6) is 0 Å². The van der Waals surface area contributed by atoms with Crippen LogP contribution >= 0.6 is 0 Å². The molecule has 1 aliphatic heterocycles. The Kier molecular flexibility index (Phi) is 3.73. The Morgan fingerprint density at radius 3 is 2.42 bits per heavy atom. The van der Waals surface area contributed by atoms with Gasteiger partial charge >= 0.3 is 0 Å². The van der Waals surface area contributed by atoms with Gasteiger partial charge in [-0.1, -0.05) is 0 Å². The van der Waals surface area contributed by atoms with Gasteiger partial charge in [-0.3, -0.25) is 14.9 Å². The molecule has 1 saturated heterocycles. The molecule has 1 aliphatic rings. The molecular weight excluding hydrogens is 258 g/mol. The molecule has 0 aromatic heterocycles. The van der Waals surface area contributed by atoms with Crippen LogP contribution in [0, 0.1) is 10.1 Å². The number of ketones is 1. The maximum atomic E-state index is 13.0. The zero-order valence-corrected chi connectivity index (χ0v) is 10.0. The SMILES string of the molecule is O=C1CCN(c2ccc([N+](=O)[O-])cc2C(F)F)CC1. The molecule has 0 spiro atoms. The second kappa shape index (κ2) is 5.29. The molecule has 0 radical (unpaired) electrons. The van der Waals surface area contributed by atoms with Crippen LogP contribution in [0.15, 0.2) is 18.2 Å². The summed E-state index contributed by atoms with van der Waals surface area (Å²) in [5.74, 6) is 0.108. The Morgan fingerprint density at radius 1 is 1.26 bits per heavy atom. The minimum absolute atomic E-state index is 0.108. The average Bonchev–Trinajstić information content (AvgIpc) is 2.38. The Balaban J connectivity index is 2.34. The Bertz CT molecular complexity index is 510. The smallest absolute Gasteiger partial charge is 0.270 e. The van der Waals surface area contributed by atoms with Crippen molar-refractivity contribution in [3.63, 3.8) is 0 Å². The zero-order chi connectivity index (χ0) is 14.0. The highest BCUT2D eigenvalue weighted by Gasteiger charge is 2.24. The second-order valence-electron chi connectivity index (χ2n) is 4.33. The lowest BCUT2D eigenvalue weighted by Gasteiger charge is -2.29. The summed E-state index contributed by atoms with van der Waals surface area (Å²) in [4.78, 5) is 22.7. The van der Waals surface area contributed by atoms with Crippen LogP contribution in [0.1, 0.15) is 24.8 Å². The lowest BCUT2D eigenvalue weighted by Crippen LogP contribution is -2.34. The maximum absolute atomic E-state index is 13.0. The van der Waals surface area contributed by atoms with E-state index in [0.717, 1.165) is 6.07 Å². The third-order valence-corrected chi connectivity index (χ3v) is 3.12. The lowest BCUT2D eigenvalue weighted by atomic mass is 10.1. The van der Waals surface area contributed by atoms with Crippen LogP contribution in [0.25, 0.3) is 0 Å². The molecule has 2 rings (SSSR count). The fourth-order valence-corrected chi connectivity index (χ4v) is 2.12. The van der Waals surface area contributed by atoms with Crippen LogP contribution in [0.3, 0.4) is 0 Å². The largest absolute Gasteiger partial charge is 0.370 e. The van der Waals surface area contributed by atoms with Crippen molar-refractivity contribution in [2.24, 2.45) is 0 Å². The molecule has 102 valence electrons. The summed E-state index contributed by atoms with van der Waals surface area (Å²) in [6, 6.07) is 3.43. The van der Waals surface area contributed by atoms with Crippen LogP contribution in [0.4, 0.5) is 20.2 Å². The van der Waals surface area contributed by atoms with Crippen molar-refractivity contribution in [1.29, 1.82) is 0 Å². The number of hydrogen-bond acceptors (Lipinski definition) is 4. The van der Waals surface area contributed by atoms with Crippen LogP contribution < -0.4 is 4.90 Å². The Labute approximate surface area is 108 Å². The monoisotopic (exact) mass is 270 g/mol. The summed E-state index contributed by atoms with van der Waals surface area (Å²) < 4.78 is 26.0. The molecule has 0 amide bonds. The third-order valence-electron chi connectivity index (χ3n) is 3.12. The van der Waals surface area contributed by atoms with Gasteiger partial charge in [0.25, 0.3) is 12.1 Å². The molecule has 19 heavy (non-hydrogen) atoms. The molecule has 0 atom stereocenters. The summed E-state index contributed by atoms with van der Waals surface area (Å²) >= 11 is 0. The topological polar surface area (TPSA) is 63.5 Å². The molecule has 7 heteroatoms. The lowest BCUT2D eigenvalue weighted by molar-refractivity contribution is -0.385. The highest BCUT2D eigenvalue weighted by Crippen LogP contribution is 2.34. The van der Waals surface area contributed by atoms with Crippen molar-refractivity contribution < 1.29 is 18.5 Å². The van der Waals surface area contributed by atoms with Gasteiger partial charge in [0.2, 0.25) is 0 Å². The Hall–Kier alpha value is -2.05. The minimum Gasteiger partial charge on any atom is -0.370 e. The molecule has 0 aliphatic carbocycles. The summed E-state index contributed by atoms with van der Waals surface area (Å²) in [6.07, 6.45) is -2.15. The number of alkyl halides is 2. The van der Waals surface area contributed by atoms with Crippen LogP contribution in [-0.2, 0) is 4.79 Å². The normalized spacial score (nSPS) is 15.9. The number of hydrogen-bond donors (Lipinski definition) is 0. The third kappa shape index (κ3) is 2.86. The molecule has 5 nitrogen and oxygen atoms in total. The number of carbonyl (C=O) groups excluding carboxylic acids is 1. The number of nitrogens with zero attached hydrogens (tertiary/aromatic N) is 2. The van der Waals surface area contributed by atoms with E-state index in [0.29, 0.717) is 25.9 Å². The van der Waals surface area contributed by atoms with E-state index in [1.165, 1.54) is 12.1 Å². The number of non-ortho nitro benzene ring substituents is 1. The van der Waals surface area contributed by atoms with Crippen molar-refractivity contribution in [1.82, 2.24) is 0 Å². The number of nitro groups is 1. The molecule has 0 N–H and O–H groups in total. The van der Waals surface area contributed by atoms with Gasteiger partial charge in [0.15, 0.2) is 0 Å². The highest BCUT2D eigenvalue weighted by atomic mass is 19.3. The first-order chi connectivity index (χ1) is 8.99. The molecule has 0 unspecified atom stereocenters. The van der Waals surface area contributed by atoms with E-state index in [2.05, 4.69) is 0 Å². The maximum Gasteiger partial charge on any atom is 0.270 e. The number of benzene rings is 1. The number of Topliss-reactive ketones (excluding diaryl/α,β-unsaturated/α-hetero) is 1. The van der Waals surface area contributed by atoms with Crippen molar-refractivity contribution >= 4 is 17.2 Å². The van der Waals surface area contributed by atoms with Crippen LogP contribution in [0.2, 0.25) is 0 Å². The predicted octanol–water partition coefficient (Wildman–Crippen LogP) is 2.70. The van der Waals surface area contributed by atoms with Gasteiger partial charge in [-0.25, -0.2) is 8.78 Å². The fraction of sp³-hybridized carbons (Fsp3) is 0.417. The molecule has 1 aromatic rings. The summed E-state index contributed by atoms with van der Waals surface area (Å²) in [5.41, 5.74) is -0.441. The van der Waals surface area contributed by atoms with E-state index in [4.69, 9.17) is 0 Å². The summed E-state index contributed by atoms with van der Waals surface area (Å²) in [7, 11) is 0. The predicted molar refractivity (Wildman–Crippen MR) is 64.5 cm³/mol. The van der Waals surface area contributed by atoms with Crippen molar-refractivity contribution in [2.45, 2.75) is 19.3 Å². The second-order valence-corrected chi connectivity index (χ2v) is 4.33. The van der Waals surface area contributed by atoms with E-state index in [-0.39, 0.29) is 22.7 Å². The van der Waals surface area contributed by atoms with Gasteiger partial charge in [0.1, 0.15) is 5.78 Å². The molecule has 0 bridgehead atoms. The standard InChI is InChI=1S/C12H12F2N2O3/c13-12(14)10-7-8(16(18)19)1-2-11(10)15-5-3-9(17)4-6-15/h1-2,7,12H,3-6H2. The molecule has 1 fully saturated rings. The summed E-state index contributed by atoms with van der Waals surface area (Å²) in [6.45, 7) is 0.743. The zero-order valence-electron chi connectivity index (χ0n) is 10.0. The van der Waals surface area contributed by atoms with E-state index in [9.17, 15) is 23.7 Å². The number of piperidine rings is 1. The van der Waals surface area contributed by atoms with Gasteiger partial charge in [-0.15, -0.1) is 0 Å². The van der Waals surface area contributed by atoms with Crippen molar-refractivity contribution in [2.75, 3.05) is 18.0 Å². The first kappa shape index (κ1) is 13.4. The minimum atomic E-state index is -2.78. The van der Waals surface area contributed by atoms with Crippen molar-refractivity contribution in [3.05, 3.63) is 33.9 Å². The van der Waals surface area contributed by atoms with Gasteiger partial charge in [0, 0.05) is 49.3 Å². The van der Waals surface area contributed by atoms with Gasteiger partial charge in [0.05, 0.1) is 4.92 Å². The van der Waals surface area contributed by atoms with Crippen LogP contribution in [-0.4, -0.2) is 23.8 Å². The summed E-state index contributed by atoms with van der Waals surface area (Å²) in [5, 5.41) is 10.6. The number of nitro benzene ring substituents is 1. The van der Waals surface area contributed by atoms with Gasteiger partial charge < -0.3 is 4.90 Å².